The molecule has 1 aromatic rings. The highest BCUT2D eigenvalue weighted by Crippen LogP contribution is 2.15. The minimum atomic E-state index is -3.29. The smallest absolute Gasteiger partial charge is 0.179 e. The molecule has 0 aliphatic heterocycles. The Morgan fingerprint density at radius 1 is 1.33 bits per heavy atom. The minimum Gasteiger partial charge on any atom is -0.392 e. The van der Waals surface area contributed by atoms with Crippen molar-refractivity contribution in [2.45, 2.75) is 17.9 Å². The number of rotatable bonds is 6. The van der Waals surface area contributed by atoms with Gasteiger partial charge in [-0.25, -0.2) is 8.42 Å². The first kappa shape index (κ1) is 15.4. The van der Waals surface area contributed by atoms with Crippen molar-refractivity contribution in [1.82, 2.24) is 4.90 Å². The molecule has 0 heterocycles. The summed E-state index contributed by atoms with van der Waals surface area (Å²) in [4.78, 5) is 2.07. The van der Waals surface area contributed by atoms with Gasteiger partial charge in [-0.05, 0) is 38.2 Å². The molecule has 0 bridgehead atoms. The SMILES string of the molecule is CC(O)CN(C)CCS(=O)(=O)c1ccc(Cl)cc1. The number of hydrogen-bond acceptors (Lipinski definition) is 4. The molecule has 0 aliphatic carbocycles. The van der Waals surface area contributed by atoms with E-state index in [0.717, 1.165) is 0 Å². The van der Waals surface area contributed by atoms with Crippen LogP contribution >= 0.6 is 11.6 Å². The van der Waals surface area contributed by atoms with Crippen molar-refractivity contribution in [2.75, 3.05) is 25.9 Å². The van der Waals surface area contributed by atoms with E-state index >= 15 is 0 Å². The average molecular weight is 292 g/mol. The van der Waals surface area contributed by atoms with Gasteiger partial charge in [-0.15, -0.1) is 0 Å². The van der Waals surface area contributed by atoms with Crippen LogP contribution in [-0.2, 0) is 9.84 Å². The van der Waals surface area contributed by atoms with Crippen molar-refractivity contribution < 1.29 is 13.5 Å². The molecule has 0 aromatic heterocycles. The molecule has 1 aromatic carbocycles. The quantitative estimate of drug-likeness (QED) is 0.861. The summed E-state index contributed by atoms with van der Waals surface area (Å²) in [6.45, 7) is 2.51. The number of halogens is 1. The topological polar surface area (TPSA) is 57.6 Å². The average Bonchev–Trinajstić information content (AvgIpc) is 2.26. The highest BCUT2D eigenvalue weighted by molar-refractivity contribution is 7.91. The fourth-order valence-corrected chi connectivity index (χ4v) is 3.04. The van der Waals surface area contributed by atoms with Gasteiger partial charge in [-0.2, -0.15) is 0 Å². The Balaban J connectivity index is 2.63. The third-order valence-electron chi connectivity index (χ3n) is 2.49. The van der Waals surface area contributed by atoms with Gasteiger partial charge >= 0.3 is 0 Å². The zero-order valence-electron chi connectivity index (χ0n) is 10.5. The number of nitrogens with zero attached hydrogens (tertiary/aromatic N) is 1. The van der Waals surface area contributed by atoms with E-state index in [1.807, 2.05) is 0 Å². The van der Waals surface area contributed by atoms with Crippen molar-refractivity contribution in [3.63, 3.8) is 0 Å². The molecular weight excluding hydrogens is 274 g/mol. The zero-order chi connectivity index (χ0) is 13.8. The fourth-order valence-electron chi connectivity index (χ4n) is 1.58. The van der Waals surface area contributed by atoms with Gasteiger partial charge in [0.2, 0.25) is 0 Å². The van der Waals surface area contributed by atoms with Crippen LogP contribution in [0.2, 0.25) is 5.02 Å². The predicted octanol–water partition coefficient (Wildman–Crippen LogP) is 1.43. The second-order valence-corrected chi connectivity index (χ2v) is 6.93. The lowest BCUT2D eigenvalue weighted by Gasteiger charge is -2.18. The zero-order valence-corrected chi connectivity index (χ0v) is 12.1. The maximum absolute atomic E-state index is 12.0. The molecule has 1 unspecified atom stereocenters. The van der Waals surface area contributed by atoms with E-state index in [1.54, 1.807) is 31.0 Å². The van der Waals surface area contributed by atoms with E-state index in [0.29, 0.717) is 18.1 Å². The normalized spacial score (nSPS) is 13.8. The van der Waals surface area contributed by atoms with E-state index in [9.17, 15) is 13.5 Å². The molecule has 1 N–H and O–H groups in total. The summed E-state index contributed by atoms with van der Waals surface area (Å²) in [5.74, 6) is 0.0256. The molecule has 1 atom stereocenters. The van der Waals surface area contributed by atoms with Crippen LogP contribution in [-0.4, -0.2) is 50.4 Å². The Kier molecular flexibility index (Phi) is 5.59. The molecule has 0 saturated heterocycles. The molecular formula is C12H18ClNO3S. The highest BCUT2D eigenvalue weighted by Gasteiger charge is 2.15. The van der Waals surface area contributed by atoms with Gasteiger partial charge < -0.3 is 10.0 Å². The standard InChI is InChI=1S/C12H18ClNO3S/c1-10(15)9-14(2)7-8-18(16,17)12-5-3-11(13)4-6-12/h3-6,10,15H,7-9H2,1-2H3. The van der Waals surface area contributed by atoms with Crippen LogP contribution in [0.1, 0.15) is 6.92 Å². The van der Waals surface area contributed by atoms with Gasteiger partial charge in [0.25, 0.3) is 0 Å². The molecule has 18 heavy (non-hydrogen) atoms. The van der Waals surface area contributed by atoms with Crippen molar-refractivity contribution in [3.05, 3.63) is 29.3 Å². The van der Waals surface area contributed by atoms with E-state index in [4.69, 9.17) is 11.6 Å². The number of likely N-dealkylation sites (N-methyl/N-ethyl adjacent to an activating group) is 1. The molecule has 4 nitrogen and oxygen atoms in total. The lowest BCUT2D eigenvalue weighted by atomic mass is 10.4. The van der Waals surface area contributed by atoms with Gasteiger partial charge in [-0.3, -0.25) is 0 Å². The largest absolute Gasteiger partial charge is 0.392 e. The van der Waals surface area contributed by atoms with E-state index in [1.165, 1.54) is 12.1 Å². The second-order valence-electron chi connectivity index (χ2n) is 4.38. The number of hydrogen-bond donors (Lipinski definition) is 1. The molecule has 6 heteroatoms. The number of aliphatic hydroxyl groups excluding tert-OH is 1. The first-order valence-corrected chi connectivity index (χ1v) is 7.69. The van der Waals surface area contributed by atoms with Crippen molar-refractivity contribution in [2.24, 2.45) is 0 Å². The maximum Gasteiger partial charge on any atom is 0.179 e. The van der Waals surface area contributed by atoms with Crippen molar-refractivity contribution in [1.29, 1.82) is 0 Å². The van der Waals surface area contributed by atoms with E-state index in [2.05, 4.69) is 0 Å². The fraction of sp³-hybridized carbons (Fsp3) is 0.500. The minimum absolute atomic E-state index is 0.0256. The summed E-state index contributed by atoms with van der Waals surface area (Å²) >= 11 is 5.72. The van der Waals surface area contributed by atoms with Crippen molar-refractivity contribution in [3.8, 4) is 0 Å². The number of sulfone groups is 1. The summed E-state index contributed by atoms with van der Waals surface area (Å²) < 4.78 is 24.0. The molecule has 0 spiro atoms. The Morgan fingerprint density at radius 3 is 2.39 bits per heavy atom. The molecule has 0 radical (unpaired) electrons. The summed E-state index contributed by atoms with van der Waals surface area (Å²) in [5, 5.41) is 9.71. The lowest BCUT2D eigenvalue weighted by Crippen LogP contribution is -2.31. The lowest BCUT2D eigenvalue weighted by molar-refractivity contribution is 0.145. The van der Waals surface area contributed by atoms with Gasteiger partial charge in [0.1, 0.15) is 0 Å². The Morgan fingerprint density at radius 2 is 1.89 bits per heavy atom. The van der Waals surface area contributed by atoms with E-state index in [-0.39, 0.29) is 10.6 Å². The predicted molar refractivity (Wildman–Crippen MR) is 72.7 cm³/mol. The molecule has 1 rings (SSSR count). The summed E-state index contributed by atoms with van der Waals surface area (Å²) in [6, 6.07) is 6.14. The van der Waals surface area contributed by atoms with Crippen LogP contribution in [0.15, 0.2) is 29.2 Å². The molecule has 0 fully saturated rings. The highest BCUT2D eigenvalue weighted by atomic mass is 35.5. The third kappa shape index (κ3) is 4.94. The van der Waals surface area contributed by atoms with Gasteiger partial charge in [-0.1, -0.05) is 11.6 Å². The van der Waals surface area contributed by atoms with Crippen LogP contribution in [0.3, 0.4) is 0 Å². The Bertz CT molecular complexity index is 471. The summed E-state index contributed by atoms with van der Waals surface area (Å²) in [7, 11) is -1.51. The monoisotopic (exact) mass is 291 g/mol. The number of aliphatic hydroxyl groups is 1. The van der Waals surface area contributed by atoms with Gasteiger partial charge in [0, 0.05) is 18.1 Å². The summed E-state index contributed by atoms with van der Waals surface area (Å²) in [6.07, 6.45) is -0.465. The van der Waals surface area contributed by atoms with Gasteiger partial charge in [0.15, 0.2) is 9.84 Å². The third-order valence-corrected chi connectivity index (χ3v) is 4.45. The number of benzene rings is 1. The van der Waals surface area contributed by atoms with E-state index < -0.39 is 15.9 Å². The van der Waals surface area contributed by atoms with Crippen LogP contribution in [0.4, 0.5) is 0 Å². The molecule has 102 valence electrons. The first-order chi connectivity index (χ1) is 8.31. The van der Waals surface area contributed by atoms with Crippen LogP contribution in [0, 0.1) is 0 Å². The first-order valence-electron chi connectivity index (χ1n) is 5.66. The van der Waals surface area contributed by atoms with Crippen LogP contribution in [0.5, 0.6) is 0 Å². The van der Waals surface area contributed by atoms with Crippen LogP contribution < -0.4 is 0 Å². The van der Waals surface area contributed by atoms with Gasteiger partial charge in [0.05, 0.1) is 16.8 Å². The molecule has 0 amide bonds. The second kappa shape index (κ2) is 6.52. The maximum atomic E-state index is 12.0. The van der Waals surface area contributed by atoms with Crippen molar-refractivity contribution >= 4 is 21.4 Å². The summed E-state index contributed by atoms with van der Waals surface area (Å²) in [5.41, 5.74) is 0. The molecule has 0 aliphatic rings. The Labute approximate surface area is 113 Å². The van der Waals surface area contributed by atoms with Crippen LogP contribution in [0.25, 0.3) is 0 Å². The Hall–Kier alpha value is -0.620. The molecule has 0 saturated carbocycles.